The summed E-state index contributed by atoms with van der Waals surface area (Å²) in [5.74, 6) is 0.415. The van der Waals surface area contributed by atoms with Crippen LogP contribution in [0.15, 0.2) is 18.7 Å². The SMILES string of the molecule is CC(C)C[C@@H](N)C(=O)NCCCCn1ccnc1. The van der Waals surface area contributed by atoms with Crippen molar-refractivity contribution in [2.24, 2.45) is 11.7 Å². The van der Waals surface area contributed by atoms with Crippen molar-refractivity contribution in [3.8, 4) is 0 Å². The highest BCUT2D eigenvalue weighted by Gasteiger charge is 2.13. The second-order valence-electron chi connectivity index (χ2n) is 5.03. The van der Waals surface area contributed by atoms with Crippen molar-refractivity contribution in [1.29, 1.82) is 0 Å². The molecule has 1 amide bonds. The van der Waals surface area contributed by atoms with Crippen molar-refractivity contribution in [1.82, 2.24) is 14.9 Å². The van der Waals surface area contributed by atoms with Crippen LogP contribution in [0.25, 0.3) is 0 Å². The Bertz CT molecular complexity index is 335. The number of nitrogens with zero attached hydrogens (tertiary/aromatic N) is 2. The van der Waals surface area contributed by atoms with Gasteiger partial charge in [-0.05, 0) is 25.2 Å². The first-order valence-corrected chi connectivity index (χ1v) is 6.58. The molecule has 0 saturated heterocycles. The minimum atomic E-state index is -0.376. The smallest absolute Gasteiger partial charge is 0.236 e. The van der Waals surface area contributed by atoms with E-state index in [1.165, 1.54) is 0 Å². The normalized spacial score (nSPS) is 12.7. The number of amides is 1. The first-order chi connectivity index (χ1) is 8.59. The number of aromatic nitrogens is 2. The van der Waals surface area contributed by atoms with Crippen molar-refractivity contribution in [2.45, 2.75) is 45.7 Å². The number of imidazole rings is 1. The fraction of sp³-hybridized carbons (Fsp3) is 0.692. The van der Waals surface area contributed by atoms with Crippen molar-refractivity contribution in [2.75, 3.05) is 6.54 Å². The molecule has 3 N–H and O–H groups in total. The molecule has 0 bridgehead atoms. The molecule has 0 unspecified atom stereocenters. The topological polar surface area (TPSA) is 72.9 Å². The van der Waals surface area contributed by atoms with Gasteiger partial charge in [-0.15, -0.1) is 0 Å². The van der Waals surface area contributed by atoms with E-state index >= 15 is 0 Å². The van der Waals surface area contributed by atoms with E-state index in [1.54, 1.807) is 12.5 Å². The van der Waals surface area contributed by atoms with E-state index in [1.807, 2.05) is 10.8 Å². The fourth-order valence-electron chi connectivity index (χ4n) is 1.80. The first kappa shape index (κ1) is 14.7. The summed E-state index contributed by atoms with van der Waals surface area (Å²) < 4.78 is 2.03. The molecule has 0 aliphatic carbocycles. The van der Waals surface area contributed by atoms with Crippen molar-refractivity contribution in [3.05, 3.63) is 18.7 Å². The van der Waals surface area contributed by atoms with Crippen LogP contribution >= 0.6 is 0 Å². The van der Waals surface area contributed by atoms with Gasteiger partial charge in [0.05, 0.1) is 12.4 Å². The second kappa shape index (κ2) is 7.87. The standard InChI is InChI=1S/C13H24N4O/c1-11(2)9-12(14)13(18)16-5-3-4-7-17-8-6-15-10-17/h6,8,10-12H,3-5,7,9,14H2,1-2H3,(H,16,18)/t12-/m1/s1. The van der Waals surface area contributed by atoms with Crippen LogP contribution in [-0.2, 0) is 11.3 Å². The van der Waals surface area contributed by atoms with Gasteiger partial charge in [-0.2, -0.15) is 0 Å². The van der Waals surface area contributed by atoms with Gasteiger partial charge in [0.15, 0.2) is 0 Å². The van der Waals surface area contributed by atoms with Crippen LogP contribution in [0, 0.1) is 5.92 Å². The Labute approximate surface area is 109 Å². The molecule has 1 heterocycles. The fourth-order valence-corrected chi connectivity index (χ4v) is 1.80. The molecular weight excluding hydrogens is 228 g/mol. The van der Waals surface area contributed by atoms with Gasteiger partial charge in [-0.3, -0.25) is 4.79 Å². The van der Waals surface area contributed by atoms with Crippen molar-refractivity contribution in [3.63, 3.8) is 0 Å². The molecule has 102 valence electrons. The average Bonchev–Trinajstić information content (AvgIpc) is 2.80. The van der Waals surface area contributed by atoms with Gasteiger partial charge >= 0.3 is 0 Å². The summed E-state index contributed by atoms with van der Waals surface area (Å²) in [6.45, 7) is 5.77. The summed E-state index contributed by atoms with van der Waals surface area (Å²) in [6.07, 6.45) is 8.23. The highest BCUT2D eigenvalue weighted by Crippen LogP contribution is 2.02. The summed E-state index contributed by atoms with van der Waals surface area (Å²) in [5, 5.41) is 2.88. The van der Waals surface area contributed by atoms with Crippen LogP contribution in [-0.4, -0.2) is 28.0 Å². The lowest BCUT2D eigenvalue weighted by Crippen LogP contribution is -2.41. The molecule has 0 radical (unpaired) electrons. The van der Waals surface area contributed by atoms with Gasteiger partial charge in [-0.1, -0.05) is 13.8 Å². The third-order valence-electron chi connectivity index (χ3n) is 2.76. The minimum absolute atomic E-state index is 0.0358. The largest absolute Gasteiger partial charge is 0.355 e. The molecule has 1 aromatic rings. The zero-order valence-electron chi connectivity index (χ0n) is 11.3. The van der Waals surface area contributed by atoms with Crippen LogP contribution in [0.3, 0.4) is 0 Å². The quantitative estimate of drug-likeness (QED) is 0.682. The van der Waals surface area contributed by atoms with Gasteiger partial charge in [-0.25, -0.2) is 4.98 Å². The first-order valence-electron chi connectivity index (χ1n) is 6.58. The van der Waals surface area contributed by atoms with E-state index in [0.717, 1.165) is 25.8 Å². The molecule has 0 saturated carbocycles. The summed E-state index contributed by atoms with van der Waals surface area (Å²) >= 11 is 0. The molecule has 0 spiro atoms. The maximum atomic E-state index is 11.6. The van der Waals surface area contributed by atoms with Crippen LogP contribution in [0.4, 0.5) is 0 Å². The van der Waals surface area contributed by atoms with Gasteiger partial charge in [0.2, 0.25) is 5.91 Å². The van der Waals surface area contributed by atoms with Gasteiger partial charge in [0.25, 0.3) is 0 Å². The molecule has 0 aliphatic rings. The molecule has 0 aliphatic heterocycles. The average molecular weight is 252 g/mol. The highest BCUT2D eigenvalue weighted by molar-refractivity contribution is 5.81. The number of nitrogens with two attached hydrogens (primary N) is 1. The number of hydrogen-bond donors (Lipinski definition) is 2. The number of nitrogens with one attached hydrogen (secondary N) is 1. The van der Waals surface area contributed by atoms with Crippen molar-refractivity contribution >= 4 is 5.91 Å². The predicted octanol–water partition coefficient (Wildman–Crippen LogP) is 1.15. The summed E-state index contributed by atoms with van der Waals surface area (Å²) in [4.78, 5) is 15.6. The number of hydrogen-bond acceptors (Lipinski definition) is 3. The number of unbranched alkanes of at least 4 members (excludes halogenated alkanes) is 1. The number of carbonyl (C=O) groups excluding carboxylic acids is 1. The number of carbonyl (C=O) groups is 1. The molecule has 0 aromatic carbocycles. The van der Waals surface area contributed by atoms with Crippen molar-refractivity contribution < 1.29 is 4.79 Å². The lowest BCUT2D eigenvalue weighted by molar-refractivity contribution is -0.122. The molecule has 5 nitrogen and oxygen atoms in total. The van der Waals surface area contributed by atoms with Crippen LogP contribution in [0.1, 0.15) is 33.1 Å². The van der Waals surface area contributed by atoms with E-state index in [-0.39, 0.29) is 11.9 Å². The summed E-state index contributed by atoms with van der Waals surface area (Å²) in [5.41, 5.74) is 5.79. The monoisotopic (exact) mass is 252 g/mol. The molecule has 5 heteroatoms. The van der Waals surface area contributed by atoms with E-state index in [2.05, 4.69) is 24.1 Å². The Morgan fingerprint density at radius 2 is 2.22 bits per heavy atom. The Kier molecular flexibility index (Phi) is 6.43. The van der Waals surface area contributed by atoms with Crippen LogP contribution in [0.2, 0.25) is 0 Å². The Morgan fingerprint density at radius 3 is 2.83 bits per heavy atom. The number of aryl methyl sites for hydroxylation is 1. The Balaban J connectivity index is 2.05. The van der Waals surface area contributed by atoms with E-state index in [9.17, 15) is 4.79 Å². The summed E-state index contributed by atoms with van der Waals surface area (Å²) in [7, 11) is 0. The predicted molar refractivity (Wildman–Crippen MR) is 71.9 cm³/mol. The Morgan fingerprint density at radius 1 is 1.44 bits per heavy atom. The summed E-state index contributed by atoms with van der Waals surface area (Å²) in [6, 6.07) is -0.376. The molecule has 0 fully saturated rings. The van der Waals surface area contributed by atoms with E-state index in [0.29, 0.717) is 12.5 Å². The zero-order valence-corrected chi connectivity index (χ0v) is 11.3. The molecule has 1 aromatic heterocycles. The van der Waals surface area contributed by atoms with Gasteiger partial charge < -0.3 is 15.6 Å². The lowest BCUT2D eigenvalue weighted by Gasteiger charge is -2.14. The lowest BCUT2D eigenvalue weighted by atomic mass is 10.0. The maximum Gasteiger partial charge on any atom is 0.236 e. The number of rotatable bonds is 8. The highest BCUT2D eigenvalue weighted by atomic mass is 16.2. The molecule has 18 heavy (non-hydrogen) atoms. The second-order valence-corrected chi connectivity index (χ2v) is 5.03. The van der Waals surface area contributed by atoms with Crippen LogP contribution in [0.5, 0.6) is 0 Å². The molecular formula is C13H24N4O. The third kappa shape index (κ3) is 5.82. The maximum absolute atomic E-state index is 11.6. The third-order valence-corrected chi connectivity index (χ3v) is 2.76. The molecule has 1 atom stereocenters. The van der Waals surface area contributed by atoms with E-state index < -0.39 is 0 Å². The minimum Gasteiger partial charge on any atom is -0.355 e. The molecule has 1 rings (SSSR count). The van der Waals surface area contributed by atoms with Gasteiger partial charge in [0, 0.05) is 25.5 Å². The van der Waals surface area contributed by atoms with E-state index in [4.69, 9.17) is 5.73 Å². The zero-order chi connectivity index (χ0) is 13.4. The van der Waals surface area contributed by atoms with Gasteiger partial charge in [0.1, 0.15) is 0 Å². The van der Waals surface area contributed by atoms with Crippen LogP contribution < -0.4 is 11.1 Å². The Hall–Kier alpha value is -1.36.